The van der Waals surface area contributed by atoms with Crippen LogP contribution in [0.3, 0.4) is 0 Å². The summed E-state index contributed by atoms with van der Waals surface area (Å²) in [4.78, 5) is 74.1. The van der Waals surface area contributed by atoms with Gasteiger partial charge in [0.15, 0.2) is 11.9 Å². The van der Waals surface area contributed by atoms with E-state index in [2.05, 4.69) is 15.2 Å². The summed E-state index contributed by atoms with van der Waals surface area (Å²) in [5, 5.41) is 13.0. The summed E-state index contributed by atoms with van der Waals surface area (Å²) in [5.74, 6) is -3.15. The van der Waals surface area contributed by atoms with Crippen molar-refractivity contribution in [3.63, 3.8) is 0 Å². The average molecular weight is 713 g/mol. The molecular weight excluding hydrogens is 657 g/mol. The number of likely N-dealkylation sites (tertiary alicyclic amines) is 1. The molecule has 2 N–H and O–H groups in total. The van der Waals surface area contributed by atoms with Crippen molar-refractivity contribution in [3.05, 3.63) is 51.5 Å². The highest BCUT2D eigenvalue weighted by Crippen LogP contribution is 2.34. The molecule has 2 heterocycles. The summed E-state index contributed by atoms with van der Waals surface area (Å²) in [5.41, 5.74) is 1.15. The second-order valence-corrected chi connectivity index (χ2v) is 15.8. The fourth-order valence-electron chi connectivity index (χ4n) is 6.84. The molecule has 0 radical (unpaired) electrons. The first-order valence-corrected chi connectivity index (χ1v) is 18.5. The first-order chi connectivity index (χ1) is 23.5. The van der Waals surface area contributed by atoms with Gasteiger partial charge >= 0.3 is 11.9 Å². The topological polar surface area (TPSA) is 146 Å². The van der Waals surface area contributed by atoms with Crippen molar-refractivity contribution in [2.75, 3.05) is 20.6 Å². The van der Waals surface area contributed by atoms with Gasteiger partial charge in [0, 0.05) is 49.7 Å². The number of carboxylic acids is 1. The Labute approximate surface area is 301 Å². The lowest BCUT2D eigenvalue weighted by Gasteiger charge is -2.36. The summed E-state index contributed by atoms with van der Waals surface area (Å²) < 4.78 is 5.80. The Morgan fingerprint density at radius 2 is 1.72 bits per heavy atom. The molecule has 1 aliphatic heterocycles. The van der Waals surface area contributed by atoms with Gasteiger partial charge in [-0.25, -0.2) is 4.98 Å². The number of aliphatic carboxylic acids is 1. The molecule has 0 spiro atoms. The first kappa shape index (κ1) is 40.8. The molecule has 50 heavy (non-hydrogen) atoms. The standard InChI is InChI=1S/C38H56N4O7S/c1-22(2)29(20-32(44)30-16-13-17-41(30)8)37(46)42(9)31(23(3)4)21-33(49-26(7)43)36-40-34(25(6)50-36)35(45)39-28(18-24(5)38(47)48)19-27-14-11-10-12-15-27/h10-12,14-15,22-24,28-31,33H,13,16-21H2,1-9H3,(H,39,45)(H,47,48)/t24-,28+,29-,30+,31+,33+/m0/s1. The second-order valence-electron chi connectivity index (χ2n) is 14.5. The van der Waals surface area contributed by atoms with Crippen molar-refractivity contribution in [3.8, 4) is 0 Å². The number of ether oxygens (including phenoxy) is 1. The van der Waals surface area contributed by atoms with E-state index < -0.39 is 41.8 Å². The minimum absolute atomic E-state index is 0.0229. The van der Waals surface area contributed by atoms with Crippen LogP contribution in [0, 0.1) is 30.6 Å². The summed E-state index contributed by atoms with van der Waals surface area (Å²) in [7, 11) is 3.70. The Morgan fingerprint density at radius 1 is 1.06 bits per heavy atom. The van der Waals surface area contributed by atoms with E-state index in [-0.39, 0.29) is 60.6 Å². The number of ketones is 1. The first-order valence-electron chi connectivity index (χ1n) is 17.7. The highest BCUT2D eigenvalue weighted by Gasteiger charge is 2.37. The molecule has 276 valence electrons. The molecule has 1 aromatic heterocycles. The molecule has 1 fully saturated rings. The normalized spacial score (nSPS) is 17.9. The maximum Gasteiger partial charge on any atom is 0.306 e. The number of nitrogens with zero attached hydrogens (tertiary/aromatic N) is 3. The van der Waals surface area contributed by atoms with E-state index in [0.717, 1.165) is 24.9 Å². The zero-order chi connectivity index (χ0) is 37.3. The number of rotatable bonds is 18. The number of carbonyl (C=O) groups is 5. The Kier molecular flexibility index (Phi) is 15.1. The number of nitrogens with one attached hydrogen (secondary N) is 1. The maximum atomic E-state index is 14.1. The Balaban J connectivity index is 1.84. The number of esters is 1. The number of carbonyl (C=O) groups excluding carboxylic acids is 4. The lowest BCUT2D eigenvalue weighted by molar-refractivity contribution is -0.149. The van der Waals surface area contributed by atoms with E-state index in [4.69, 9.17) is 4.74 Å². The van der Waals surface area contributed by atoms with E-state index in [1.807, 2.05) is 65.1 Å². The number of aromatic nitrogens is 1. The van der Waals surface area contributed by atoms with Crippen LogP contribution in [0.1, 0.15) is 106 Å². The zero-order valence-corrected chi connectivity index (χ0v) is 31.9. The number of hydrogen-bond donors (Lipinski definition) is 2. The molecule has 0 unspecified atom stereocenters. The van der Waals surface area contributed by atoms with E-state index in [0.29, 0.717) is 16.3 Å². The molecule has 3 rings (SSSR count). The summed E-state index contributed by atoms with van der Waals surface area (Å²) >= 11 is 1.25. The van der Waals surface area contributed by atoms with Gasteiger partial charge in [-0.3, -0.25) is 28.9 Å². The molecule has 2 amide bonds. The van der Waals surface area contributed by atoms with Crippen LogP contribution in [0.2, 0.25) is 0 Å². The molecule has 6 atom stereocenters. The van der Waals surface area contributed by atoms with Gasteiger partial charge in [0.05, 0.1) is 12.0 Å². The van der Waals surface area contributed by atoms with Crippen LogP contribution >= 0.6 is 11.3 Å². The van der Waals surface area contributed by atoms with Gasteiger partial charge in [-0.2, -0.15) is 0 Å². The van der Waals surface area contributed by atoms with Gasteiger partial charge in [-0.15, -0.1) is 11.3 Å². The molecule has 11 nitrogen and oxygen atoms in total. The van der Waals surface area contributed by atoms with Gasteiger partial charge in [0.1, 0.15) is 10.7 Å². The molecule has 0 saturated carbocycles. The zero-order valence-electron chi connectivity index (χ0n) is 31.1. The number of likely N-dealkylation sites (N-methyl/N-ethyl adjacent to an activating group) is 1. The number of thiazole rings is 1. The maximum absolute atomic E-state index is 14.1. The largest absolute Gasteiger partial charge is 0.481 e. The van der Waals surface area contributed by atoms with Gasteiger partial charge < -0.3 is 20.1 Å². The van der Waals surface area contributed by atoms with E-state index in [1.165, 1.54) is 18.3 Å². The van der Waals surface area contributed by atoms with Gasteiger partial charge in [0.2, 0.25) is 5.91 Å². The van der Waals surface area contributed by atoms with Crippen LogP contribution in [-0.4, -0.2) is 88.2 Å². The average Bonchev–Trinajstić information content (AvgIpc) is 3.66. The molecule has 2 aromatic rings. The predicted molar refractivity (Wildman–Crippen MR) is 194 cm³/mol. The van der Waals surface area contributed by atoms with Crippen LogP contribution in [0.5, 0.6) is 0 Å². The highest BCUT2D eigenvalue weighted by atomic mass is 32.1. The number of Topliss-reactive ketones (excluding diaryl/α,β-unsaturated/α-hetero) is 1. The number of amides is 2. The third kappa shape index (κ3) is 11.2. The van der Waals surface area contributed by atoms with Crippen molar-refractivity contribution in [2.24, 2.45) is 23.7 Å². The summed E-state index contributed by atoms with van der Waals surface area (Å²) in [6.07, 6.45) is 2.08. The van der Waals surface area contributed by atoms with Crippen molar-refractivity contribution in [2.45, 2.75) is 111 Å². The molecule has 0 aliphatic carbocycles. The fourth-order valence-corrected chi connectivity index (χ4v) is 7.80. The van der Waals surface area contributed by atoms with Gasteiger partial charge in [-0.05, 0) is 63.6 Å². The highest BCUT2D eigenvalue weighted by molar-refractivity contribution is 7.12. The lowest BCUT2D eigenvalue weighted by atomic mass is 9.86. The number of hydrogen-bond acceptors (Lipinski definition) is 9. The predicted octanol–water partition coefficient (Wildman–Crippen LogP) is 5.71. The minimum Gasteiger partial charge on any atom is -0.481 e. The third-order valence-corrected chi connectivity index (χ3v) is 10.9. The number of aryl methyl sites for hydroxylation is 1. The molecule has 1 saturated heterocycles. The van der Waals surface area contributed by atoms with E-state index in [9.17, 15) is 29.1 Å². The Bertz CT molecular complexity index is 1480. The van der Waals surface area contributed by atoms with Crippen LogP contribution in [-0.2, 0) is 30.3 Å². The molecular formula is C38H56N4O7S. The monoisotopic (exact) mass is 712 g/mol. The van der Waals surface area contributed by atoms with Gasteiger partial charge in [0.25, 0.3) is 5.91 Å². The van der Waals surface area contributed by atoms with Crippen molar-refractivity contribution >= 4 is 40.9 Å². The fraction of sp³-hybridized carbons (Fsp3) is 0.632. The number of carboxylic acid groups (broad SMARTS) is 1. The summed E-state index contributed by atoms with van der Waals surface area (Å²) in [6.45, 7) is 13.5. The van der Waals surface area contributed by atoms with Gasteiger partial charge in [-0.1, -0.05) is 65.0 Å². The number of benzene rings is 1. The summed E-state index contributed by atoms with van der Waals surface area (Å²) in [6, 6.07) is 8.59. The van der Waals surface area contributed by atoms with Crippen LogP contribution in [0.15, 0.2) is 30.3 Å². The van der Waals surface area contributed by atoms with Crippen molar-refractivity contribution < 1.29 is 33.8 Å². The van der Waals surface area contributed by atoms with Crippen LogP contribution in [0.4, 0.5) is 0 Å². The smallest absolute Gasteiger partial charge is 0.306 e. The Morgan fingerprint density at radius 3 is 2.26 bits per heavy atom. The van der Waals surface area contributed by atoms with E-state index in [1.54, 1.807) is 25.8 Å². The SMILES string of the molecule is CC(=O)O[C@H](C[C@H](C(C)C)N(C)C(=O)[C@@H](CC(=O)[C@H]1CCCN1C)C(C)C)c1nc(C(=O)N[C@@H](Cc2ccccc2)C[C@H](C)C(=O)O)c(C)s1. The Hall–Kier alpha value is -3.64. The van der Waals surface area contributed by atoms with Crippen molar-refractivity contribution in [1.82, 2.24) is 20.1 Å². The van der Waals surface area contributed by atoms with Crippen LogP contribution in [0.25, 0.3) is 0 Å². The van der Waals surface area contributed by atoms with E-state index >= 15 is 0 Å². The molecule has 1 aromatic carbocycles. The minimum atomic E-state index is -0.940. The quantitative estimate of drug-likeness (QED) is 0.186. The molecule has 1 aliphatic rings. The van der Waals surface area contributed by atoms with Crippen molar-refractivity contribution in [1.29, 1.82) is 0 Å². The lowest BCUT2D eigenvalue weighted by Crippen LogP contribution is -2.46. The third-order valence-electron chi connectivity index (χ3n) is 9.84. The molecule has 12 heteroatoms. The molecule has 0 bridgehead atoms. The second kappa shape index (κ2) is 18.6. The van der Waals surface area contributed by atoms with Crippen LogP contribution < -0.4 is 5.32 Å².